The van der Waals surface area contributed by atoms with Crippen LogP contribution in [0.2, 0.25) is 0 Å². The number of carbonyl (C=O) groups excluding carboxylic acids is 1. The van der Waals surface area contributed by atoms with Gasteiger partial charge in [0, 0.05) is 0 Å². The largest absolute Gasteiger partial charge is 0.299 e. The Morgan fingerprint density at radius 2 is 1.85 bits per heavy atom. The third kappa shape index (κ3) is 5.58. The Hall–Kier alpha value is -1.84. The summed E-state index contributed by atoms with van der Waals surface area (Å²) < 4.78 is 27.8. The lowest BCUT2D eigenvalue weighted by Gasteiger charge is -2.19. The molecule has 0 aliphatic heterocycles. The van der Waals surface area contributed by atoms with Gasteiger partial charge in [-0.15, -0.1) is 10.2 Å². The van der Waals surface area contributed by atoms with E-state index >= 15 is 0 Å². The minimum atomic E-state index is -3.80. The Morgan fingerprint density at radius 1 is 1.19 bits per heavy atom. The first-order valence-electron chi connectivity index (χ1n) is 8.43. The summed E-state index contributed by atoms with van der Waals surface area (Å²) in [6.07, 6.45) is 1.10. The van der Waals surface area contributed by atoms with Gasteiger partial charge in [-0.1, -0.05) is 49.8 Å². The first-order valence-corrected chi connectivity index (χ1v) is 10.7. The second kappa shape index (κ2) is 8.70. The third-order valence-electron chi connectivity index (χ3n) is 3.65. The van der Waals surface area contributed by atoms with Gasteiger partial charge in [0.25, 0.3) is 0 Å². The fourth-order valence-corrected chi connectivity index (χ4v) is 4.18. The molecular formula is C17H24N4O3S2. The molecule has 1 aromatic heterocycles. The summed E-state index contributed by atoms with van der Waals surface area (Å²) in [7, 11) is -3.80. The Labute approximate surface area is 158 Å². The number of anilines is 1. The number of aryl methyl sites for hydroxylation is 2. The molecule has 1 heterocycles. The van der Waals surface area contributed by atoms with Crippen molar-refractivity contribution < 1.29 is 13.2 Å². The molecule has 1 amide bonds. The van der Waals surface area contributed by atoms with E-state index in [1.54, 1.807) is 12.1 Å². The van der Waals surface area contributed by atoms with Gasteiger partial charge in [0.1, 0.15) is 11.0 Å². The average molecular weight is 397 g/mol. The monoisotopic (exact) mass is 396 g/mol. The molecule has 0 aliphatic rings. The molecule has 0 aliphatic carbocycles. The summed E-state index contributed by atoms with van der Waals surface area (Å²) in [5, 5.41) is 11.7. The molecule has 142 valence electrons. The lowest BCUT2D eigenvalue weighted by molar-refractivity contribution is -0.118. The van der Waals surface area contributed by atoms with Crippen molar-refractivity contribution in [2.24, 2.45) is 5.92 Å². The van der Waals surface area contributed by atoms with Crippen LogP contribution in [0.5, 0.6) is 0 Å². The van der Waals surface area contributed by atoms with Crippen molar-refractivity contribution in [3.63, 3.8) is 0 Å². The standard InChI is InChI=1S/C17H24N4O3S2/c1-5-15-19-20-17(25-15)18-16(22)14(10-11(2)3)21-26(23,24)13-8-6-12(4)7-9-13/h6-9,11,14,21H,5,10H2,1-4H3,(H,18,20,22). The summed E-state index contributed by atoms with van der Waals surface area (Å²) in [4.78, 5) is 12.7. The van der Waals surface area contributed by atoms with Crippen molar-refractivity contribution in [1.29, 1.82) is 0 Å². The number of rotatable bonds is 8. The second-order valence-corrected chi connectivity index (χ2v) is 9.24. The maximum absolute atomic E-state index is 12.6. The van der Waals surface area contributed by atoms with Gasteiger partial charge in [-0.05, 0) is 37.8 Å². The van der Waals surface area contributed by atoms with Gasteiger partial charge in [-0.3, -0.25) is 10.1 Å². The van der Waals surface area contributed by atoms with Crippen LogP contribution in [0.1, 0.15) is 37.8 Å². The van der Waals surface area contributed by atoms with Crippen LogP contribution in [0.3, 0.4) is 0 Å². The zero-order valence-corrected chi connectivity index (χ0v) is 16.9. The van der Waals surface area contributed by atoms with Gasteiger partial charge in [-0.2, -0.15) is 4.72 Å². The number of hydrogen-bond acceptors (Lipinski definition) is 6. The van der Waals surface area contributed by atoms with Crippen LogP contribution >= 0.6 is 11.3 Å². The predicted octanol–water partition coefficient (Wildman–Crippen LogP) is 2.74. The van der Waals surface area contributed by atoms with Crippen molar-refractivity contribution in [2.45, 2.75) is 51.5 Å². The van der Waals surface area contributed by atoms with E-state index in [0.29, 0.717) is 11.6 Å². The fourth-order valence-electron chi connectivity index (χ4n) is 2.29. The van der Waals surface area contributed by atoms with Crippen LogP contribution in [0.15, 0.2) is 29.2 Å². The summed E-state index contributed by atoms with van der Waals surface area (Å²) >= 11 is 1.28. The minimum Gasteiger partial charge on any atom is -0.299 e. The number of hydrogen-bond donors (Lipinski definition) is 2. The highest BCUT2D eigenvalue weighted by Gasteiger charge is 2.27. The van der Waals surface area contributed by atoms with Crippen LogP contribution in [-0.2, 0) is 21.2 Å². The average Bonchev–Trinajstić information content (AvgIpc) is 3.01. The molecule has 1 atom stereocenters. The van der Waals surface area contributed by atoms with Gasteiger partial charge >= 0.3 is 0 Å². The Morgan fingerprint density at radius 3 is 2.38 bits per heavy atom. The number of nitrogens with zero attached hydrogens (tertiary/aromatic N) is 2. The maximum Gasteiger partial charge on any atom is 0.244 e. The van der Waals surface area contributed by atoms with E-state index in [1.165, 1.54) is 23.5 Å². The maximum atomic E-state index is 12.6. The smallest absolute Gasteiger partial charge is 0.244 e. The summed E-state index contributed by atoms with van der Waals surface area (Å²) in [6.45, 7) is 7.69. The van der Waals surface area contributed by atoms with Crippen LogP contribution < -0.4 is 10.0 Å². The Balaban J connectivity index is 2.17. The van der Waals surface area contributed by atoms with E-state index in [9.17, 15) is 13.2 Å². The topological polar surface area (TPSA) is 101 Å². The SMILES string of the molecule is CCc1nnc(NC(=O)C(CC(C)C)NS(=O)(=O)c2ccc(C)cc2)s1. The third-order valence-corrected chi connectivity index (χ3v) is 6.12. The van der Waals surface area contributed by atoms with Crippen LogP contribution in [0.4, 0.5) is 5.13 Å². The van der Waals surface area contributed by atoms with Crippen molar-refractivity contribution in [3.8, 4) is 0 Å². The minimum absolute atomic E-state index is 0.132. The quantitative estimate of drug-likeness (QED) is 0.714. The molecular weight excluding hydrogens is 372 g/mol. The van der Waals surface area contributed by atoms with E-state index in [4.69, 9.17) is 0 Å². The Bertz CT molecular complexity index is 845. The molecule has 0 bridgehead atoms. The van der Waals surface area contributed by atoms with Crippen LogP contribution in [0, 0.1) is 12.8 Å². The zero-order chi connectivity index (χ0) is 19.3. The molecule has 7 nitrogen and oxygen atoms in total. The lowest BCUT2D eigenvalue weighted by Crippen LogP contribution is -2.44. The van der Waals surface area contributed by atoms with Crippen LogP contribution in [0.25, 0.3) is 0 Å². The number of carbonyl (C=O) groups is 1. The summed E-state index contributed by atoms with van der Waals surface area (Å²) in [6, 6.07) is 5.61. The van der Waals surface area contributed by atoms with Gasteiger partial charge in [0.15, 0.2) is 0 Å². The van der Waals surface area contributed by atoms with Crippen LogP contribution in [-0.4, -0.2) is 30.6 Å². The Kier molecular flexibility index (Phi) is 6.85. The summed E-state index contributed by atoms with van der Waals surface area (Å²) in [5.74, 6) is -0.305. The number of amides is 1. The summed E-state index contributed by atoms with van der Waals surface area (Å²) in [5.41, 5.74) is 0.962. The molecule has 26 heavy (non-hydrogen) atoms. The highest BCUT2D eigenvalue weighted by atomic mass is 32.2. The van der Waals surface area contributed by atoms with Gasteiger partial charge in [-0.25, -0.2) is 8.42 Å². The number of aromatic nitrogens is 2. The number of benzene rings is 1. The second-order valence-electron chi connectivity index (χ2n) is 6.46. The molecule has 2 rings (SSSR count). The molecule has 1 aromatic carbocycles. The number of sulfonamides is 1. The molecule has 2 N–H and O–H groups in total. The first-order chi connectivity index (χ1) is 12.2. The lowest BCUT2D eigenvalue weighted by atomic mass is 10.0. The first kappa shape index (κ1) is 20.5. The normalized spacial score (nSPS) is 13.0. The molecule has 0 spiro atoms. The van der Waals surface area contributed by atoms with Gasteiger partial charge in [0.05, 0.1) is 4.90 Å². The molecule has 1 unspecified atom stereocenters. The zero-order valence-electron chi connectivity index (χ0n) is 15.3. The van der Waals surface area contributed by atoms with Crippen molar-refractivity contribution in [2.75, 3.05) is 5.32 Å². The van der Waals surface area contributed by atoms with Gasteiger partial charge < -0.3 is 0 Å². The van der Waals surface area contributed by atoms with E-state index in [2.05, 4.69) is 20.2 Å². The fraction of sp³-hybridized carbons (Fsp3) is 0.471. The van der Waals surface area contributed by atoms with Gasteiger partial charge in [0.2, 0.25) is 21.1 Å². The van der Waals surface area contributed by atoms with E-state index in [0.717, 1.165) is 17.0 Å². The molecule has 0 radical (unpaired) electrons. The van der Waals surface area contributed by atoms with E-state index in [1.807, 2.05) is 27.7 Å². The van der Waals surface area contributed by atoms with Crippen molar-refractivity contribution in [3.05, 3.63) is 34.8 Å². The molecule has 9 heteroatoms. The predicted molar refractivity (Wildman–Crippen MR) is 103 cm³/mol. The molecule has 0 saturated heterocycles. The van der Waals surface area contributed by atoms with Crippen molar-refractivity contribution in [1.82, 2.24) is 14.9 Å². The van der Waals surface area contributed by atoms with E-state index < -0.39 is 22.0 Å². The number of nitrogens with one attached hydrogen (secondary N) is 2. The molecule has 0 fully saturated rings. The molecule has 2 aromatic rings. The van der Waals surface area contributed by atoms with E-state index in [-0.39, 0.29) is 10.8 Å². The highest BCUT2D eigenvalue weighted by Crippen LogP contribution is 2.18. The highest BCUT2D eigenvalue weighted by molar-refractivity contribution is 7.89. The molecule has 0 saturated carbocycles. The van der Waals surface area contributed by atoms with Crippen molar-refractivity contribution >= 4 is 32.4 Å².